The van der Waals surface area contributed by atoms with Gasteiger partial charge >= 0.3 is 0 Å². The molecule has 6 unspecified atom stereocenters. The van der Waals surface area contributed by atoms with Gasteiger partial charge in [0.2, 0.25) is 5.91 Å². The standard InChI is InChI=1S/C19H29NO2.C2H6/c1-18-11-9-17(22)20(3)15(18)6-4-12-13-5-7-16(21)19(13,2)10-8-14(12)18;1-2/h12-15H,4-11H2,1-3H3;1-2H3. The van der Waals surface area contributed by atoms with E-state index in [1.165, 1.54) is 12.8 Å². The van der Waals surface area contributed by atoms with Gasteiger partial charge in [-0.2, -0.15) is 0 Å². The number of hydrogen-bond donors (Lipinski definition) is 0. The number of Topliss-reactive ketones (excluding diaryl/α,β-unsaturated/α-hetero) is 1. The number of amides is 1. The first kappa shape index (κ1) is 17.9. The summed E-state index contributed by atoms with van der Waals surface area (Å²) in [5.74, 6) is 2.90. The molecule has 1 heterocycles. The third kappa shape index (κ3) is 2.29. The Hall–Kier alpha value is -0.860. The Bertz CT molecular complexity index is 530. The van der Waals surface area contributed by atoms with Crippen molar-refractivity contribution in [2.24, 2.45) is 28.6 Å². The fourth-order valence-electron chi connectivity index (χ4n) is 6.92. The lowest BCUT2D eigenvalue weighted by atomic mass is 9.47. The van der Waals surface area contributed by atoms with Crippen molar-refractivity contribution in [2.75, 3.05) is 7.05 Å². The van der Waals surface area contributed by atoms with Crippen LogP contribution in [0.25, 0.3) is 0 Å². The highest BCUT2D eigenvalue weighted by molar-refractivity contribution is 5.87. The van der Waals surface area contributed by atoms with Crippen LogP contribution in [0.2, 0.25) is 0 Å². The van der Waals surface area contributed by atoms with E-state index in [0.29, 0.717) is 41.9 Å². The van der Waals surface area contributed by atoms with E-state index in [1.807, 2.05) is 25.8 Å². The molecule has 24 heavy (non-hydrogen) atoms. The van der Waals surface area contributed by atoms with Crippen LogP contribution >= 0.6 is 0 Å². The Balaban J connectivity index is 0.000000815. The number of ketones is 1. The van der Waals surface area contributed by atoms with Crippen LogP contribution in [-0.4, -0.2) is 29.7 Å². The zero-order chi connectivity index (χ0) is 17.7. The summed E-state index contributed by atoms with van der Waals surface area (Å²) in [4.78, 5) is 26.6. The minimum absolute atomic E-state index is 0.0270. The predicted octanol–water partition coefficient (Wildman–Crippen LogP) is 4.45. The number of fused-ring (bicyclic) bond motifs is 5. The Kier molecular flexibility index (Phi) is 4.59. The first-order valence-corrected chi connectivity index (χ1v) is 10.2. The van der Waals surface area contributed by atoms with Gasteiger partial charge in [0.1, 0.15) is 5.78 Å². The van der Waals surface area contributed by atoms with Crippen LogP contribution in [0.1, 0.15) is 79.1 Å². The molecular weight excluding hydrogens is 298 g/mol. The maximum Gasteiger partial charge on any atom is 0.222 e. The normalized spacial score (nSPS) is 47.3. The Morgan fingerprint density at radius 3 is 2.33 bits per heavy atom. The van der Waals surface area contributed by atoms with Gasteiger partial charge in [0.25, 0.3) is 0 Å². The highest BCUT2D eigenvalue weighted by Crippen LogP contribution is 2.63. The van der Waals surface area contributed by atoms with Crippen molar-refractivity contribution < 1.29 is 9.59 Å². The van der Waals surface area contributed by atoms with Gasteiger partial charge in [-0.25, -0.2) is 0 Å². The van der Waals surface area contributed by atoms with Crippen LogP contribution in [0.15, 0.2) is 0 Å². The van der Waals surface area contributed by atoms with Crippen molar-refractivity contribution in [1.82, 2.24) is 4.90 Å². The molecule has 3 nitrogen and oxygen atoms in total. The van der Waals surface area contributed by atoms with Gasteiger partial charge in [0.05, 0.1) is 0 Å². The van der Waals surface area contributed by atoms with Gasteiger partial charge in [-0.15, -0.1) is 0 Å². The molecule has 4 rings (SSSR count). The van der Waals surface area contributed by atoms with E-state index in [2.05, 4.69) is 13.8 Å². The topological polar surface area (TPSA) is 37.4 Å². The van der Waals surface area contributed by atoms with Crippen LogP contribution in [0.5, 0.6) is 0 Å². The molecule has 3 aliphatic carbocycles. The molecule has 0 aromatic rings. The molecule has 3 heteroatoms. The molecule has 0 spiro atoms. The first-order valence-electron chi connectivity index (χ1n) is 10.2. The van der Waals surface area contributed by atoms with Crippen molar-refractivity contribution in [3.63, 3.8) is 0 Å². The van der Waals surface area contributed by atoms with E-state index in [4.69, 9.17) is 0 Å². The number of carbonyl (C=O) groups is 2. The molecule has 0 aromatic heterocycles. The van der Waals surface area contributed by atoms with Gasteiger partial charge in [-0.1, -0.05) is 27.7 Å². The maximum atomic E-state index is 12.4. The van der Waals surface area contributed by atoms with Crippen molar-refractivity contribution in [2.45, 2.75) is 85.1 Å². The second-order valence-electron chi connectivity index (χ2n) is 8.90. The molecule has 1 aliphatic heterocycles. The smallest absolute Gasteiger partial charge is 0.222 e. The van der Waals surface area contributed by atoms with E-state index in [0.717, 1.165) is 32.1 Å². The minimum Gasteiger partial charge on any atom is -0.342 e. The summed E-state index contributed by atoms with van der Waals surface area (Å²) in [7, 11) is 2.01. The molecule has 4 aliphatic rings. The Labute approximate surface area is 147 Å². The van der Waals surface area contributed by atoms with Crippen LogP contribution < -0.4 is 0 Å². The van der Waals surface area contributed by atoms with E-state index in [1.54, 1.807) is 0 Å². The van der Waals surface area contributed by atoms with Crippen molar-refractivity contribution in [3.05, 3.63) is 0 Å². The summed E-state index contributed by atoms with van der Waals surface area (Å²) in [6.07, 6.45) is 8.33. The number of likely N-dealkylation sites (tertiary alicyclic amines) is 1. The van der Waals surface area contributed by atoms with Gasteiger partial charge in [0, 0.05) is 31.3 Å². The van der Waals surface area contributed by atoms with Crippen LogP contribution in [0.3, 0.4) is 0 Å². The molecule has 0 aromatic carbocycles. The monoisotopic (exact) mass is 333 g/mol. The quantitative estimate of drug-likeness (QED) is 0.657. The largest absolute Gasteiger partial charge is 0.342 e. The van der Waals surface area contributed by atoms with E-state index in [-0.39, 0.29) is 10.8 Å². The average Bonchev–Trinajstić information content (AvgIpc) is 2.89. The minimum atomic E-state index is -0.0270. The van der Waals surface area contributed by atoms with Crippen molar-refractivity contribution in [1.29, 1.82) is 0 Å². The molecule has 6 atom stereocenters. The molecule has 136 valence electrons. The predicted molar refractivity (Wildman–Crippen MR) is 96.5 cm³/mol. The fraction of sp³-hybridized carbons (Fsp3) is 0.905. The molecule has 1 amide bonds. The van der Waals surface area contributed by atoms with Crippen LogP contribution in [0.4, 0.5) is 0 Å². The number of carbonyl (C=O) groups excluding carboxylic acids is 2. The summed E-state index contributed by atoms with van der Waals surface area (Å²) in [6.45, 7) is 8.69. The molecule has 1 saturated heterocycles. The van der Waals surface area contributed by atoms with Gasteiger partial charge in [0.15, 0.2) is 0 Å². The van der Waals surface area contributed by atoms with Crippen LogP contribution in [-0.2, 0) is 9.59 Å². The highest BCUT2D eigenvalue weighted by Gasteiger charge is 2.61. The Morgan fingerprint density at radius 1 is 0.917 bits per heavy atom. The van der Waals surface area contributed by atoms with E-state index in [9.17, 15) is 9.59 Å². The number of rotatable bonds is 0. The van der Waals surface area contributed by atoms with Crippen molar-refractivity contribution in [3.8, 4) is 0 Å². The molecule has 0 radical (unpaired) electrons. The second-order valence-corrected chi connectivity index (χ2v) is 8.90. The lowest BCUT2D eigenvalue weighted by Gasteiger charge is -2.61. The summed E-state index contributed by atoms with van der Waals surface area (Å²) in [5.41, 5.74) is 0.249. The van der Waals surface area contributed by atoms with Gasteiger partial charge < -0.3 is 4.90 Å². The average molecular weight is 334 g/mol. The highest BCUT2D eigenvalue weighted by atomic mass is 16.2. The zero-order valence-corrected chi connectivity index (χ0v) is 16.2. The second kappa shape index (κ2) is 6.14. The Morgan fingerprint density at radius 2 is 1.62 bits per heavy atom. The van der Waals surface area contributed by atoms with Crippen molar-refractivity contribution >= 4 is 11.7 Å². The molecule has 0 bridgehead atoms. The lowest BCUT2D eigenvalue weighted by molar-refractivity contribution is -0.158. The number of piperidine rings is 1. The van der Waals surface area contributed by atoms with Gasteiger partial charge in [-0.05, 0) is 61.7 Å². The number of hydrogen-bond acceptors (Lipinski definition) is 2. The molecule has 4 fully saturated rings. The SMILES string of the molecule is CC.CN1C(=O)CCC2(C)C3CCC4(C)C(=O)CCC4C3CCC12. The van der Waals surface area contributed by atoms with Gasteiger partial charge in [-0.3, -0.25) is 9.59 Å². The zero-order valence-electron chi connectivity index (χ0n) is 16.2. The third-order valence-electron chi connectivity index (χ3n) is 8.27. The van der Waals surface area contributed by atoms with E-state index < -0.39 is 0 Å². The first-order chi connectivity index (χ1) is 11.4. The summed E-state index contributed by atoms with van der Waals surface area (Å²) in [5, 5.41) is 0. The summed E-state index contributed by atoms with van der Waals surface area (Å²) < 4.78 is 0. The van der Waals surface area contributed by atoms with Crippen LogP contribution in [0, 0.1) is 28.6 Å². The maximum absolute atomic E-state index is 12.4. The fourth-order valence-corrected chi connectivity index (χ4v) is 6.92. The third-order valence-corrected chi connectivity index (χ3v) is 8.27. The molecule has 3 saturated carbocycles. The van der Waals surface area contributed by atoms with E-state index >= 15 is 0 Å². The number of nitrogens with zero attached hydrogens (tertiary/aromatic N) is 1. The summed E-state index contributed by atoms with van der Waals surface area (Å²) in [6, 6.07) is 0.427. The lowest BCUT2D eigenvalue weighted by Crippen LogP contribution is -2.61. The summed E-state index contributed by atoms with van der Waals surface area (Å²) >= 11 is 0. The molecular formula is C21H35NO2. The molecule has 0 N–H and O–H groups in total.